The van der Waals surface area contributed by atoms with E-state index < -0.39 is 10.0 Å². The molecule has 0 N–H and O–H groups in total. The van der Waals surface area contributed by atoms with Crippen LogP contribution in [0.5, 0.6) is 0 Å². The molecule has 1 aromatic carbocycles. The quantitative estimate of drug-likeness (QED) is 0.557. The number of nitrogens with zero attached hydrogens (tertiary/aromatic N) is 1. The van der Waals surface area contributed by atoms with Crippen molar-refractivity contribution in [1.29, 1.82) is 0 Å². The highest BCUT2D eigenvalue weighted by Gasteiger charge is 2.42. The lowest BCUT2D eigenvalue weighted by molar-refractivity contribution is -0.400. The first-order valence-electron chi connectivity index (χ1n) is 3.40. The van der Waals surface area contributed by atoms with Crippen LogP contribution in [0.1, 0.15) is 5.56 Å². The number of fused-ring (bicyclic) bond motifs is 1. The van der Waals surface area contributed by atoms with E-state index in [-0.39, 0.29) is 15.6 Å². The van der Waals surface area contributed by atoms with Crippen molar-refractivity contribution >= 4 is 10.0 Å². The molecule has 0 saturated carbocycles. The van der Waals surface area contributed by atoms with Gasteiger partial charge in [-0.25, -0.2) is 0 Å². The number of hydrogen-bond donors (Lipinski definition) is 0. The predicted octanol–water partition coefficient (Wildman–Crippen LogP) is 0.668. The minimum atomic E-state index is -3.71. The SMILES string of the molecule is O=[N+]1Cc2ccccc2S1(=O)=O. The van der Waals surface area contributed by atoms with Gasteiger partial charge in [0.25, 0.3) is 0 Å². The van der Waals surface area contributed by atoms with Gasteiger partial charge in [0.15, 0.2) is 0 Å². The van der Waals surface area contributed by atoms with Gasteiger partial charge < -0.3 is 0 Å². The van der Waals surface area contributed by atoms with Crippen molar-refractivity contribution in [2.24, 2.45) is 0 Å². The van der Waals surface area contributed by atoms with Gasteiger partial charge in [-0.1, -0.05) is 18.2 Å². The summed E-state index contributed by atoms with van der Waals surface area (Å²) in [5.41, 5.74) is 0.576. The highest BCUT2D eigenvalue weighted by atomic mass is 32.2. The third-order valence-electron chi connectivity index (χ3n) is 1.82. The van der Waals surface area contributed by atoms with Crippen LogP contribution in [0, 0.1) is 4.91 Å². The fourth-order valence-corrected chi connectivity index (χ4v) is 2.46. The van der Waals surface area contributed by atoms with Crippen molar-refractivity contribution in [1.82, 2.24) is 0 Å². The average molecular weight is 184 g/mol. The van der Waals surface area contributed by atoms with E-state index in [0.717, 1.165) is 0 Å². The largest absolute Gasteiger partial charge is 0.438 e. The molecule has 0 fully saturated rings. The van der Waals surface area contributed by atoms with E-state index in [1.54, 1.807) is 18.2 Å². The fraction of sp³-hybridized carbons (Fsp3) is 0.143. The first-order chi connectivity index (χ1) is 5.62. The van der Waals surface area contributed by atoms with Crippen LogP contribution < -0.4 is 0 Å². The summed E-state index contributed by atoms with van der Waals surface area (Å²) < 4.78 is 22.5. The summed E-state index contributed by atoms with van der Waals surface area (Å²) in [4.78, 5) is 11.0. The number of rotatable bonds is 0. The molecule has 5 heteroatoms. The van der Waals surface area contributed by atoms with Crippen LogP contribution in [0.2, 0.25) is 0 Å². The molecular formula is C7H6NO3S+. The Labute approximate surface area is 69.5 Å². The second-order valence-electron chi connectivity index (χ2n) is 2.57. The molecule has 2 rings (SSSR count). The molecule has 0 bridgehead atoms. The Balaban J connectivity index is 2.80. The molecule has 4 nitrogen and oxygen atoms in total. The Kier molecular flexibility index (Phi) is 1.32. The van der Waals surface area contributed by atoms with Gasteiger partial charge in [0.1, 0.15) is 9.06 Å². The molecule has 0 aromatic heterocycles. The predicted molar refractivity (Wildman–Crippen MR) is 41.0 cm³/mol. The number of benzene rings is 1. The Hall–Kier alpha value is -1.23. The number of sulfonamides is 1. The summed E-state index contributed by atoms with van der Waals surface area (Å²) >= 11 is 0. The van der Waals surface area contributed by atoms with Crippen molar-refractivity contribution in [2.75, 3.05) is 0 Å². The van der Waals surface area contributed by atoms with E-state index in [0.29, 0.717) is 5.56 Å². The first-order valence-corrected chi connectivity index (χ1v) is 4.84. The van der Waals surface area contributed by atoms with Gasteiger partial charge in [-0.3, -0.25) is 0 Å². The van der Waals surface area contributed by atoms with Crippen LogP contribution in [0.15, 0.2) is 29.2 Å². The zero-order chi connectivity index (χ0) is 8.77. The highest BCUT2D eigenvalue weighted by molar-refractivity contribution is 7.85. The fourth-order valence-electron chi connectivity index (χ4n) is 1.22. The van der Waals surface area contributed by atoms with Gasteiger partial charge in [0.05, 0.1) is 0 Å². The summed E-state index contributed by atoms with van der Waals surface area (Å²) in [5, 5.41) is 0. The third-order valence-corrected chi connectivity index (χ3v) is 3.44. The zero-order valence-corrected chi connectivity index (χ0v) is 6.91. The van der Waals surface area contributed by atoms with Crippen molar-refractivity contribution in [3.05, 3.63) is 34.7 Å². The molecular weight excluding hydrogens is 178 g/mol. The van der Waals surface area contributed by atoms with Crippen molar-refractivity contribution in [3.8, 4) is 0 Å². The van der Waals surface area contributed by atoms with Crippen LogP contribution in [0.25, 0.3) is 0 Å². The Bertz CT molecular complexity index is 449. The monoisotopic (exact) mass is 184 g/mol. The Morgan fingerprint density at radius 3 is 2.58 bits per heavy atom. The van der Waals surface area contributed by atoms with Gasteiger partial charge in [-0.05, 0) is 6.07 Å². The van der Waals surface area contributed by atoms with Gasteiger partial charge in [-0.2, -0.15) is 8.42 Å². The van der Waals surface area contributed by atoms with Crippen LogP contribution >= 0.6 is 0 Å². The lowest BCUT2D eigenvalue weighted by Gasteiger charge is -1.86. The van der Waals surface area contributed by atoms with E-state index in [1.807, 2.05) is 0 Å². The number of hydrogen-bond acceptors (Lipinski definition) is 3. The third kappa shape index (κ3) is 0.797. The molecule has 1 heterocycles. The standard InChI is InChI=1S/C7H6NO3S/c9-8-5-6-3-1-2-4-7(6)12(8,10)11/h1-4H,5H2/q+1. The van der Waals surface area contributed by atoms with Gasteiger partial charge in [-0.15, -0.1) is 0 Å². The van der Waals surface area contributed by atoms with Crippen LogP contribution in [-0.2, 0) is 16.6 Å². The van der Waals surface area contributed by atoms with E-state index in [2.05, 4.69) is 0 Å². The molecule has 12 heavy (non-hydrogen) atoms. The van der Waals surface area contributed by atoms with E-state index in [1.165, 1.54) is 6.07 Å². The summed E-state index contributed by atoms with van der Waals surface area (Å²) in [7, 11) is -3.71. The maximum absolute atomic E-state index is 11.2. The molecule has 1 aliphatic rings. The maximum atomic E-state index is 11.2. The molecule has 0 saturated heterocycles. The zero-order valence-electron chi connectivity index (χ0n) is 6.10. The van der Waals surface area contributed by atoms with Crippen LogP contribution in [-0.4, -0.2) is 12.6 Å². The minimum absolute atomic E-state index is 0.0570. The molecule has 0 aliphatic carbocycles. The molecule has 1 aliphatic heterocycles. The number of nitroso groups, excluding NO2 is 1. The van der Waals surface area contributed by atoms with Crippen molar-refractivity contribution in [3.63, 3.8) is 0 Å². The second kappa shape index (κ2) is 2.13. The lowest BCUT2D eigenvalue weighted by atomic mass is 10.2. The summed E-state index contributed by atoms with van der Waals surface area (Å²) in [6, 6.07) is 6.41. The maximum Gasteiger partial charge on any atom is 0.438 e. The van der Waals surface area contributed by atoms with Gasteiger partial charge in [0, 0.05) is 10.5 Å². The van der Waals surface area contributed by atoms with Gasteiger partial charge in [0.2, 0.25) is 6.54 Å². The van der Waals surface area contributed by atoms with E-state index in [9.17, 15) is 13.3 Å². The first kappa shape index (κ1) is 7.42. The Morgan fingerprint density at radius 2 is 1.92 bits per heavy atom. The molecule has 0 atom stereocenters. The topological polar surface area (TPSA) is 54.2 Å². The molecule has 1 aromatic rings. The molecule has 0 spiro atoms. The van der Waals surface area contributed by atoms with Crippen molar-refractivity contribution in [2.45, 2.75) is 11.4 Å². The van der Waals surface area contributed by atoms with E-state index >= 15 is 0 Å². The average Bonchev–Trinajstić information content (AvgIpc) is 2.25. The molecule has 0 amide bonds. The summed E-state index contributed by atoms with van der Waals surface area (Å²) in [6.07, 6.45) is 0. The van der Waals surface area contributed by atoms with Crippen LogP contribution in [0.3, 0.4) is 0 Å². The van der Waals surface area contributed by atoms with Crippen LogP contribution in [0.4, 0.5) is 0 Å². The summed E-state index contributed by atoms with van der Waals surface area (Å²) in [6.45, 7) is -0.0570. The molecule has 62 valence electrons. The van der Waals surface area contributed by atoms with Gasteiger partial charge >= 0.3 is 10.0 Å². The lowest BCUT2D eigenvalue weighted by Crippen LogP contribution is -2.08. The highest BCUT2D eigenvalue weighted by Crippen LogP contribution is 2.25. The smallest absolute Gasteiger partial charge is 0.154 e. The minimum Gasteiger partial charge on any atom is -0.154 e. The summed E-state index contributed by atoms with van der Waals surface area (Å²) in [5.74, 6) is 0. The Morgan fingerprint density at radius 1 is 1.25 bits per heavy atom. The molecule has 0 radical (unpaired) electrons. The molecule has 0 unspecified atom stereocenters. The second-order valence-corrected chi connectivity index (χ2v) is 4.37. The van der Waals surface area contributed by atoms with Crippen molar-refractivity contribution < 1.29 is 12.6 Å². The normalized spacial score (nSPS) is 19.2. The van der Waals surface area contributed by atoms with E-state index in [4.69, 9.17) is 0 Å².